The van der Waals surface area contributed by atoms with Crippen LogP contribution in [0.4, 0.5) is 0 Å². The van der Waals surface area contributed by atoms with E-state index < -0.39 is 20.0 Å². The molecule has 3 atom stereocenters. The summed E-state index contributed by atoms with van der Waals surface area (Å²) in [5, 5.41) is 13.7. The molecule has 0 saturated heterocycles. The van der Waals surface area contributed by atoms with Gasteiger partial charge in [0, 0.05) is 6.42 Å². The van der Waals surface area contributed by atoms with Gasteiger partial charge in [-0.1, -0.05) is 145 Å². The highest BCUT2D eigenvalue weighted by Crippen LogP contribution is 2.43. The van der Waals surface area contributed by atoms with E-state index in [9.17, 15) is 19.4 Å². The number of aliphatic hydroxyl groups is 1. The Hall–Kier alpha value is -1.80. The van der Waals surface area contributed by atoms with Gasteiger partial charge >= 0.3 is 7.82 Å². The number of unbranched alkanes of at least 4 members (excludes halogenated alkanes) is 16. The average molecular weight is 766 g/mol. The van der Waals surface area contributed by atoms with Gasteiger partial charge in [0.15, 0.2) is 0 Å². The van der Waals surface area contributed by atoms with Crippen molar-refractivity contribution < 1.29 is 32.9 Å². The summed E-state index contributed by atoms with van der Waals surface area (Å²) in [6.45, 7) is 4.68. The Morgan fingerprint density at radius 3 is 1.68 bits per heavy atom. The van der Waals surface area contributed by atoms with Gasteiger partial charge in [-0.15, -0.1) is 0 Å². The molecule has 0 rings (SSSR count). The number of hydrogen-bond donors (Lipinski definition) is 3. The van der Waals surface area contributed by atoms with Crippen molar-refractivity contribution in [3.8, 4) is 0 Å². The average Bonchev–Trinajstić information content (AvgIpc) is 3.10. The molecule has 0 aliphatic carbocycles. The highest BCUT2D eigenvalue weighted by atomic mass is 31.2. The lowest BCUT2D eigenvalue weighted by Gasteiger charge is -2.25. The molecular formula is C44H82N2O6P+. The Kier molecular flexibility index (Phi) is 34.7. The minimum Gasteiger partial charge on any atom is -0.387 e. The summed E-state index contributed by atoms with van der Waals surface area (Å²) in [6.07, 6.45) is 45.7. The van der Waals surface area contributed by atoms with E-state index in [2.05, 4.69) is 67.8 Å². The molecule has 0 bridgehead atoms. The van der Waals surface area contributed by atoms with Crippen molar-refractivity contribution in [2.24, 2.45) is 0 Å². The van der Waals surface area contributed by atoms with Crippen LogP contribution < -0.4 is 5.32 Å². The Morgan fingerprint density at radius 1 is 0.642 bits per heavy atom. The largest absolute Gasteiger partial charge is 0.472 e. The van der Waals surface area contributed by atoms with Crippen molar-refractivity contribution in [2.45, 2.75) is 174 Å². The number of carbonyl (C=O) groups excluding carboxylic acids is 1. The van der Waals surface area contributed by atoms with E-state index >= 15 is 0 Å². The molecule has 0 fully saturated rings. The molecule has 0 radical (unpaired) electrons. The zero-order valence-corrected chi connectivity index (χ0v) is 35.6. The summed E-state index contributed by atoms with van der Waals surface area (Å²) in [7, 11) is 1.53. The predicted molar refractivity (Wildman–Crippen MR) is 226 cm³/mol. The molecular weight excluding hydrogens is 683 g/mol. The molecule has 3 N–H and O–H groups in total. The van der Waals surface area contributed by atoms with Crippen molar-refractivity contribution >= 4 is 13.7 Å². The number of quaternary nitrogens is 1. The highest BCUT2D eigenvalue weighted by Gasteiger charge is 2.27. The Bertz CT molecular complexity index is 1050. The van der Waals surface area contributed by atoms with Gasteiger partial charge in [-0.3, -0.25) is 13.8 Å². The van der Waals surface area contributed by atoms with Crippen LogP contribution >= 0.6 is 7.82 Å². The van der Waals surface area contributed by atoms with Crippen molar-refractivity contribution in [1.29, 1.82) is 0 Å². The number of likely N-dealkylation sites (N-methyl/N-ethyl adjacent to an activating group) is 1. The van der Waals surface area contributed by atoms with E-state index in [4.69, 9.17) is 9.05 Å². The molecule has 0 aromatic carbocycles. The number of carbonyl (C=O) groups is 1. The lowest BCUT2D eigenvalue weighted by atomic mass is 10.1. The number of amides is 1. The van der Waals surface area contributed by atoms with Gasteiger partial charge < -0.3 is 19.8 Å². The first-order valence-corrected chi connectivity index (χ1v) is 22.7. The van der Waals surface area contributed by atoms with Crippen molar-refractivity contribution in [1.82, 2.24) is 5.32 Å². The smallest absolute Gasteiger partial charge is 0.387 e. The molecule has 3 unspecified atom stereocenters. The molecule has 53 heavy (non-hydrogen) atoms. The monoisotopic (exact) mass is 766 g/mol. The second-order valence-electron chi connectivity index (χ2n) is 15.3. The first-order chi connectivity index (χ1) is 25.5. The Balaban J connectivity index is 4.47. The van der Waals surface area contributed by atoms with Crippen LogP contribution in [0.1, 0.15) is 162 Å². The lowest BCUT2D eigenvalue weighted by Crippen LogP contribution is -2.45. The fourth-order valence-electron chi connectivity index (χ4n) is 5.50. The molecule has 0 aliphatic heterocycles. The van der Waals surface area contributed by atoms with E-state index in [1.807, 2.05) is 27.2 Å². The third kappa shape index (κ3) is 38.3. The number of phosphoric ester groups is 1. The molecule has 0 saturated carbocycles. The van der Waals surface area contributed by atoms with Crippen LogP contribution in [0.25, 0.3) is 0 Å². The lowest BCUT2D eigenvalue weighted by molar-refractivity contribution is -0.870. The van der Waals surface area contributed by atoms with E-state index in [0.29, 0.717) is 17.4 Å². The molecule has 8 nitrogen and oxygen atoms in total. The molecule has 0 aliphatic rings. The predicted octanol–water partition coefficient (Wildman–Crippen LogP) is 11.5. The van der Waals surface area contributed by atoms with E-state index in [1.165, 1.54) is 83.5 Å². The van der Waals surface area contributed by atoms with Gasteiger partial charge in [-0.2, -0.15) is 0 Å². The van der Waals surface area contributed by atoms with Crippen LogP contribution in [0.15, 0.2) is 60.8 Å². The maximum absolute atomic E-state index is 12.8. The number of hydrogen-bond acceptors (Lipinski definition) is 5. The first-order valence-electron chi connectivity index (χ1n) is 21.2. The number of nitrogens with one attached hydrogen (secondary N) is 1. The second-order valence-corrected chi connectivity index (χ2v) is 16.8. The molecule has 9 heteroatoms. The Labute approximate surface area is 326 Å². The highest BCUT2D eigenvalue weighted by molar-refractivity contribution is 7.47. The molecule has 308 valence electrons. The maximum Gasteiger partial charge on any atom is 0.472 e. The molecule has 0 heterocycles. The van der Waals surface area contributed by atoms with Gasteiger partial charge in [-0.05, 0) is 70.6 Å². The van der Waals surface area contributed by atoms with Crippen LogP contribution in [0.2, 0.25) is 0 Å². The summed E-state index contributed by atoms with van der Waals surface area (Å²) in [5.74, 6) is -0.200. The molecule has 0 aromatic heterocycles. The van der Waals surface area contributed by atoms with Crippen LogP contribution in [0.3, 0.4) is 0 Å². The summed E-state index contributed by atoms with van der Waals surface area (Å²) in [6, 6.07) is -0.871. The topological polar surface area (TPSA) is 105 Å². The van der Waals surface area contributed by atoms with E-state index in [1.54, 1.807) is 6.08 Å². The summed E-state index contributed by atoms with van der Waals surface area (Å²) >= 11 is 0. The molecule has 0 spiro atoms. The first kappa shape index (κ1) is 51.2. The van der Waals surface area contributed by atoms with Gasteiger partial charge in [0.1, 0.15) is 13.2 Å². The summed E-state index contributed by atoms with van der Waals surface area (Å²) < 4.78 is 23.5. The van der Waals surface area contributed by atoms with Crippen LogP contribution in [0, 0.1) is 0 Å². The van der Waals surface area contributed by atoms with Crippen LogP contribution in [0.5, 0.6) is 0 Å². The minimum absolute atomic E-state index is 0.0502. The number of rotatable bonds is 37. The maximum atomic E-state index is 12.8. The van der Waals surface area contributed by atoms with Crippen molar-refractivity contribution in [3.63, 3.8) is 0 Å². The number of nitrogens with zero attached hydrogens (tertiary/aromatic N) is 1. The van der Waals surface area contributed by atoms with Gasteiger partial charge in [-0.25, -0.2) is 4.57 Å². The number of allylic oxidation sites excluding steroid dienone is 9. The summed E-state index contributed by atoms with van der Waals surface area (Å²) in [5.41, 5.74) is 0. The fraction of sp³-hybridized carbons (Fsp3) is 0.750. The fourth-order valence-corrected chi connectivity index (χ4v) is 6.23. The van der Waals surface area contributed by atoms with Crippen molar-refractivity contribution in [3.05, 3.63) is 60.8 Å². The number of aliphatic hydroxyl groups excluding tert-OH is 1. The normalized spacial score (nSPS) is 15.1. The van der Waals surface area contributed by atoms with Gasteiger partial charge in [0.05, 0.1) is 39.9 Å². The van der Waals surface area contributed by atoms with Crippen LogP contribution in [-0.2, 0) is 18.4 Å². The third-order valence-electron chi connectivity index (χ3n) is 8.94. The van der Waals surface area contributed by atoms with E-state index in [-0.39, 0.29) is 19.1 Å². The standard InChI is InChI=1S/C44H81N2O6P/c1-6-8-10-12-14-16-18-20-21-22-23-24-25-26-28-30-32-34-36-38-44(48)45-42(41-52-53(49,50)51-40-39-46(3,4)5)43(47)37-35-33-31-29-27-19-17-15-13-11-9-7-2/h13-16,20-21,27,29,35,37,42-43,47H,6-12,17-19,22-26,28,30-34,36,38-41H2,1-5H3,(H-,45,48,49,50)/p+1/b15-13+,16-14-,21-20-,29-27+,37-35+. The van der Waals surface area contributed by atoms with Crippen LogP contribution in [-0.4, -0.2) is 73.4 Å². The minimum atomic E-state index is -4.35. The Morgan fingerprint density at radius 2 is 1.11 bits per heavy atom. The zero-order chi connectivity index (χ0) is 39.3. The molecule has 0 aromatic rings. The van der Waals surface area contributed by atoms with Gasteiger partial charge in [0.25, 0.3) is 0 Å². The molecule has 1 amide bonds. The number of phosphoric acid groups is 1. The van der Waals surface area contributed by atoms with Gasteiger partial charge in [0.2, 0.25) is 5.91 Å². The van der Waals surface area contributed by atoms with E-state index in [0.717, 1.165) is 57.8 Å². The second kappa shape index (κ2) is 35.9. The summed E-state index contributed by atoms with van der Waals surface area (Å²) in [4.78, 5) is 23.1. The quantitative estimate of drug-likeness (QED) is 0.0252. The van der Waals surface area contributed by atoms with Crippen molar-refractivity contribution in [2.75, 3.05) is 40.9 Å². The zero-order valence-electron chi connectivity index (χ0n) is 34.7. The third-order valence-corrected chi connectivity index (χ3v) is 9.92. The SMILES string of the molecule is CCCC/C=C/CC/C=C/CC/C=C/C(O)C(COP(=O)(O)OCC[N+](C)(C)C)NC(=O)CCCCCCCCCCC/C=C\C/C=C\CCCCC.